The molecule has 92 valence electrons. The molecule has 0 radical (unpaired) electrons. The van der Waals surface area contributed by atoms with E-state index >= 15 is 0 Å². The summed E-state index contributed by atoms with van der Waals surface area (Å²) < 4.78 is 5.37. The molecule has 18 heavy (non-hydrogen) atoms. The topological polar surface area (TPSA) is 59.4 Å². The number of ether oxygens (including phenoxy) is 1. The van der Waals surface area contributed by atoms with Gasteiger partial charge >= 0.3 is 5.97 Å². The highest BCUT2D eigenvalue weighted by Gasteiger charge is 2.14. The van der Waals surface area contributed by atoms with Gasteiger partial charge in [0.1, 0.15) is 16.5 Å². The first-order valence-corrected chi connectivity index (χ1v) is 5.65. The predicted octanol–water partition coefficient (Wildman–Crippen LogP) is 3.88. The molecule has 0 saturated heterocycles. The number of hydrogen-bond donors (Lipinski definition) is 1. The lowest BCUT2D eigenvalue weighted by Crippen LogP contribution is -2.02. The Hall–Kier alpha value is -1.78. The van der Waals surface area contributed by atoms with Crippen LogP contribution in [0.3, 0.4) is 0 Å². The van der Waals surface area contributed by atoms with Crippen LogP contribution in [0, 0.1) is 0 Å². The Kier molecular flexibility index (Phi) is 3.69. The van der Waals surface area contributed by atoms with Crippen LogP contribution >= 0.6 is 23.2 Å². The zero-order valence-corrected chi connectivity index (χ0v) is 10.4. The van der Waals surface area contributed by atoms with Crippen LogP contribution < -0.4 is 4.74 Å². The van der Waals surface area contributed by atoms with Gasteiger partial charge in [0.25, 0.3) is 0 Å². The average molecular weight is 284 g/mol. The third-order valence-electron chi connectivity index (χ3n) is 2.07. The first-order valence-electron chi connectivity index (χ1n) is 4.89. The number of nitrogens with zero attached hydrogens (tertiary/aromatic N) is 1. The Morgan fingerprint density at radius 3 is 2.67 bits per heavy atom. The molecule has 0 aliphatic carbocycles. The molecule has 2 aromatic rings. The maximum atomic E-state index is 11.0. The molecule has 0 spiro atoms. The number of aromatic nitrogens is 1. The van der Waals surface area contributed by atoms with Gasteiger partial charge in [-0.15, -0.1) is 0 Å². The smallest absolute Gasteiger partial charge is 0.341 e. The van der Waals surface area contributed by atoms with Gasteiger partial charge in [0, 0.05) is 5.02 Å². The lowest BCUT2D eigenvalue weighted by atomic mass is 10.3. The number of carboxylic acid groups (broad SMARTS) is 1. The molecule has 4 nitrogen and oxygen atoms in total. The molecule has 0 amide bonds. The van der Waals surface area contributed by atoms with E-state index in [0.29, 0.717) is 10.8 Å². The van der Waals surface area contributed by atoms with Crippen LogP contribution in [0.15, 0.2) is 36.4 Å². The number of hydrogen-bond acceptors (Lipinski definition) is 3. The van der Waals surface area contributed by atoms with E-state index in [1.165, 1.54) is 12.1 Å². The molecule has 0 aliphatic heterocycles. The molecule has 0 bridgehead atoms. The maximum absolute atomic E-state index is 11.0. The van der Waals surface area contributed by atoms with E-state index in [-0.39, 0.29) is 16.6 Å². The Labute approximate surface area is 113 Å². The molecular formula is C12H7Cl2NO3. The number of carboxylic acids is 1. The molecule has 1 aromatic heterocycles. The number of halogens is 2. The minimum atomic E-state index is -1.14. The van der Waals surface area contributed by atoms with Gasteiger partial charge in [-0.25, -0.2) is 9.78 Å². The minimum absolute atomic E-state index is 0.0700. The zero-order chi connectivity index (χ0) is 13.1. The number of rotatable bonds is 3. The van der Waals surface area contributed by atoms with Crippen LogP contribution in [0.25, 0.3) is 0 Å². The van der Waals surface area contributed by atoms with Crippen molar-refractivity contribution in [1.82, 2.24) is 4.98 Å². The van der Waals surface area contributed by atoms with Gasteiger partial charge in [0.2, 0.25) is 5.88 Å². The lowest BCUT2D eigenvalue weighted by molar-refractivity contribution is 0.0693. The van der Waals surface area contributed by atoms with Crippen molar-refractivity contribution in [2.75, 3.05) is 0 Å². The summed E-state index contributed by atoms with van der Waals surface area (Å²) in [6.07, 6.45) is 0. The van der Waals surface area contributed by atoms with Gasteiger partial charge in [-0.2, -0.15) is 0 Å². The molecule has 1 heterocycles. The molecule has 0 fully saturated rings. The summed E-state index contributed by atoms with van der Waals surface area (Å²) in [7, 11) is 0. The Morgan fingerprint density at radius 1 is 1.22 bits per heavy atom. The second kappa shape index (κ2) is 5.25. The molecule has 0 atom stereocenters. The SMILES string of the molecule is O=C(O)c1ccc(Cl)nc1Oc1cccc(Cl)c1. The van der Waals surface area contributed by atoms with Crippen LogP contribution in [0.1, 0.15) is 10.4 Å². The predicted molar refractivity (Wildman–Crippen MR) is 67.7 cm³/mol. The largest absolute Gasteiger partial charge is 0.477 e. The molecule has 0 saturated carbocycles. The van der Waals surface area contributed by atoms with E-state index in [2.05, 4.69) is 4.98 Å². The van der Waals surface area contributed by atoms with E-state index < -0.39 is 5.97 Å². The van der Waals surface area contributed by atoms with E-state index in [1.54, 1.807) is 24.3 Å². The van der Waals surface area contributed by atoms with E-state index in [1.807, 2.05) is 0 Å². The van der Waals surface area contributed by atoms with Crippen LogP contribution in [0.5, 0.6) is 11.6 Å². The van der Waals surface area contributed by atoms with Crippen molar-refractivity contribution in [3.63, 3.8) is 0 Å². The van der Waals surface area contributed by atoms with Crippen molar-refractivity contribution in [2.24, 2.45) is 0 Å². The fourth-order valence-corrected chi connectivity index (χ4v) is 1.62. The standard InChI is InChI=1S/C12H7Cl2NO3/c13-7-2-1-3-8(6-7)18-11-9(12(16)17)4-5-10(14)15-11/h1-6H,(H,16,17). The Bertz CT molecular complexity index is 602. The average Bonchev–Trinajstić information content (AvgIpc) is 2.28. The number of pyridine rings is 1. The summed E-state index contributed by atoms with van der Waals surface area (Å²) in [6.45, 7) is 0. The lowest BCUT2D eigenvalue weighted by Gasteiger charge is -2.07. The molecule has 2 rings (SSSR count). The van der Waals surface area contributed by atoms with E-state index in [9.17, 15) is 4.79 Å². The molecule has 0 unspecified atom stereocenters. The van der Waals surface area contributed by atoms with Gasteiger partial charge in [-0.3, -0.25) is 0 Å². The van der Waals surface area contributed by atoms with Crippen LogP contribution in [-0.2, 0) is 0 Å². The molecule has 1 N–H and O–H groups in total. The van der Waals surface area contributed by atoms with Crippen molar-refractivity contribution in [3.8, 4) is 11.6 Å². The van der Waals surface area contributed by atoms with Crippen LogP contribution in [-0.4, -0.2) is 16.1 Å². The molecule has 0 aliphatic rings. The highest BCUT2D eigenvalue weighted by atomic mass is 35.5. The van der Waals surface area contributed by atoms with Crippen LogP contribution in [0.2, 0.25) is 10.2 Å². The van der Waals surface area contributed by atoms with E-state index in [4.69, 9.17) is 33.0 Å². The quantitative estimate of drug-likeness (QED) is 0.869. The second-order valence-electron chi connectivity index (χ2n) is 3.35. The van der Waals surface area contributed by atoms with Crippen molar-refractivity contribution < 1.29 is 14.6 Å². The molecular weight excluding hydrogens is 277 g/mol. The van der Waals surface area contributed by atoms with Gasteiger partial charge in [0.05, 0.1) is 0 Å². The van der Waals surface area contributed by atoms with E-state index in [0.717, 1.165) is 0 Å². The number of benzene rings is 1. The van der Waals surface area contributed by atoms with Crippen molar-refractivity contribution in [2.45, 2.75) is 0 Å². The maximum Gasteiger partial charge on any atom is 0.341 e. The third-order valence-corrected chi connectivity index (χ3v) is 2.51. The first kappa shape index (κ1) is 12.7. The van der Waals surface area contributed by atoms with Crippen molar-refractivity contribution >= 4 is 29.2 Å². The summed E-state index contributed by atoms with van der Waals surface area (Å²) in [5.41, 5.74) is -0.0700. The monoisotopic (exact) mass is 283 g/mol. The summed E-state index contributed by atoms with van der Waals surface area (Å²) in [5.74, 6) is -0.826. The van der Waals surface area contributed by atoms with Crippen LogP contribution in [0.4, 0.5) is 0 Å². The number of aromatic carboxylic acids is 1. The highest BCUT2D eigenvalue weighted by molar-refractivity contribution is 6.30. The van der Waals surface area contributed by atoms with Gasteiger partial charge < -0.3 is 9.84 Å². The Balaban J connectivity index is 2.39. The normalized spacial score (nSPS) is 10.1. The van der Waals surface area contributed by atoms with Gasteiger partial charge in [-0.1, -0.05) is 29.3 Å². The minimum Gasteiger partial charge on any atom is -0.477 e. The fraction of sp³-hybridized carbons (Fsp3) is 0. The van der Waals surface area contributed by atoms with Crippen molar-refractivity contribution in [3.05, 3.63) is 52.1 Å². The third kappa shape index (κ3) is 2.91. The summed E-state index contributed by atoms with van der Waals surface area (Å²) in [6, 6.07) is 9.27. The summed E-state index contributed by atoms with van der Waals surface area (Å²) in [5, 5.41) is 9.63. The Morgan fingerprint density at radius 2 is 2.00 bits per heavy atom. The summed E-state index contributed by atoms with van der Waals surface area (Å²) >= 11 is 11.5. The molecule has 6 heteroatoms. The number of carbonyl (C=O) groups is 1. The second-order valence-corrected chi connectivity index (χ2v) is 4.17. The van der Waals surface area contributed by atoms with Gasteiger partial charge in [0.15, 0.2) is 0 Å². The fourth-order valence-electron chi connectivity index (χ4n) is 1.30. The highest BCUT2D eigenvalue weighted by Crippen LogP contribution is 2.26. The molecule has 1 aromatic carbocycles. The summed E-state index contributed by atoms with van der Waals surface area (Å²) in [4.78, 5) is 14.8. The van der Waals surface area contributed by atoms with Crippen molar-refractivity contribution in [1.29, 1.82) is 0 Å². The zero-order valence-electron chi connectivity index (χ0n) is 8.93. The van der Waals surface area contributed by atoms with Gasteiger partial charge in [-0.05, 0) is 30.3 Å². The first-order chi connectivity index (χ1) is 8.56.